The summed E-state index contributed by atoms with van der Waals surface area (Å²) in [6, 6.07) is 4.50. The van der Waals surface area contributed by atoms with E-state index < -0.39 is 6.04 Å². The molecule has 0 spiro atoms. The number of aliphatic hydroxyl groups is 1. The molecule has 21 heavy (non-hydrogen) atoms. The van der Waals surface area contributed by atoms with Gasteiger partial charge >= 0.3 is 0 Å². The highest BCUT2D eigenvalue weighted by Crippen LogP contribution is 2.30. The largest absolute Gasteiger partial charge is 0.493 e. The minimum atomic E-state index is -0.547. The van der Waals surface area contributed by atoms with Crippen molar-refractivity contribution in [3.05, 3.63) is 18.2 Å². The molecule has 6 heteroatoms. The molecule has 0 aliphatic rings. The lowest BCUT2D eigenvalue weighted by molar-refractivity contribution is -0.117. The Morgan fingerprint density at radius 2 is 2.10 bits per heavy atom. The minimum absolute atomic E-state index is 0.0982. The van der Waals surface area contributed by atoms with E-state index in [1.54, 1.807) is 18.2 Å². The predicted octanol–water partition coefficient (Wildman–Crippen LogP) is 1.38. The number of carbonyl (C=O) groups excluding carboxylic acids is 1. The maximum absolute atomic E-state index is 12.0. The van der Waals surface area contributed by atoms with E-state index in [1.165, 1.54) is 7.11 Å². The number of nitrogens with one attached hydrogen (secondary N) is 1. The summed E-state index contributed by atoms with van der Waals surface area (Å²) in [6.07, 6.45) is 0.621. The van der Waals surface area contributed by atoms with Crippen LogP contribution < -0.4 is 20.5 Å². The van der Waals surface area contributed by atoms with Crippen LogP contribution in [0.4, 0.5) is 5.69 Å². The lowest BCUT2D eigenvalue weighted by Gasteiger charge is -2.16. The monoisotopic (exact) mass is 296 g/mol. The van der Waals surface area contributed by atoms with Crippen molar-refractivity contribution in [2.75, 3.05) is 25.6 Å². The van der Waals surface area contributed by atoms with E-state index in [0.717, 1.165) is 0 Å². The van der Waals surface area contributed by atoms with Gasteiger partial charge in [0.25, 0.3) is 0 Å². The van der Waals surface area contributed by atoms with Gasteiger partial charge in [-0.1, -0.05) is 13.8 Å². The Morgan fingerprint density at radius 3 is 2.67 bits per heavy atom. The molecule has 0 bridgehead atoms. The normalized spacial score (nSPS) is 12.1. The van der Waals surface area contributed by atoms with Gasteiger partial charge in [-0.2, -0.15) is 0 Å². The molecular weight excluding hydrogens is 272 g/mol. The molecule has 1 amide bonds. The summed E-state index contributed by atoms with van der Waals surface area (Å²) in [5, 5.41) is 11.6. The third kappa shape index (κ3) is 5.61. The van der Waals surface area contributed by atoms with Crippen LogP contribution in [0.5, 0.6) is 11.5 Å². The number of hydrogen-bond donors (Lipinski definition) is 3. The van der Waals surface area contributed by atoms with Crippen LogP contribution in [0.15, 0.2) is 18.2 Å². The highest BCUT2D eigenvalue weighted by Gasteiger charge is 2.16. The highest BCUT2D eigenvalue weighted by atomic mass is 16.5. The Morgan fingerprint density at radius 1 is 1.38 bits per heavy atom. The lowest BCUT2D eigenvalue weighted by atomic mass is 10.0. The molecule has 0 aromatic heterocycles. The number of carbonyl (C=O) groups is 1. The zero-order chi connectivity index (χ0) is 15.8. The molecule has 1 aromatic rings. The molecule has 1 aromatic carbocycles. The van der Waals surface area contributed by atoms with E-state index in [9.17, 15) is 4.79 Å². The summed E-state index contributed by atoms with van der Waals surface area (Å²) in [5.74, 6) is 1.11. The molecule has 0 saturated heterocycles. The zero-order valence-corrected chi connectivity index (χ0v) is 12.8. The third-order valence-electron chi connectivity index (χ3n) is 2.84. The number of ether oxygens (including phenoxy) is 2. The van der Waals surface area contributed by atoms with Gasteiger partial charge in [0.05, 0.1) is 19.8 Å². The first-order valence-electron chi connectivity index (χ1n) is 6.96. The molecule has 0 fully saturated rings. The van der Waals surface area contributed by atoms with E-state index in [1.807, 2.05) is 13.8 Å². The molecule has 0 heterocycles. The fourth-order valence-electron chi connectivity index (χ4n) is 1.87. The molecule has 6 nitrogen and oxygen atoms in total. The second kappa shape index (κ2) is 8.49. The summed E-state index contributed by atoms with van der Waals surface area (Å²) in [7, 11) is 1.53. The van der Waals surface area contributed by atoms with Crippen molar-refractivity contribution in [3.8, 4) is 11.5 Å². The van der Waals surface area contributed by atoms with Crippen LogP contribution in [0.2, 0.25) is 0 Å². The van der Waals surface area contributed by atoms with E-state index in [2.05, 4.69) is 5.32 Å². The van der Waals surface area contributed by atoms with Crippen LogP contribution in [0.25, 0.3) is 0 Å². The molecule has 1 atom stereocenters. The molecule has 0 saturated carbocycles. The van der Waals surface area contributed by atoms with Gasteiger partial charge in [-0.3, -0.25) is 4.79 Å². The number of methoxy groups -OCH3 is 1. The van der Waals surface area contributed by atoms with Crippen molar-refractivity contribution in [2.45, 2.75) is 26.3 Å². The van der Waals surface area contributed by atoms with E-state index in [0.29, 0.717) is 29.5 Å². The fourth-order valence-corrected chi connectivity index (χ4v) is 1.87. The molecule has 0 aliphatic heterocycles. The molecule has 0 radical (unpaired) electrons. The standard InChI is InChI=1S/C15H24N2O4/c1-10(2)8-12(16)15(19)17-11-4-5-13(20-3)14(9-11)21-7-6-18/h4-5,9-10,12,18H,6-8,16H2,1-3H3,(H,17,19)/t12-/m1/s1. The average molecular weight is 296 g/mol. The minimum Gasteiger partial charge on any atom is -0.493 e. The van der Waals surface area contributed by atoms with Gasteiger partial charge < -0.3 is 25.6 Å². The first kappa shape index (κ1) is 17.3. The number of rotatable bonds is 8. The van der Waals surface area contributed by atoms with Gasteiger partial charge in [0.15, 0.2) is 11.5 Å². The SMILES string of the molecule is COc1ccc(NC(=O)[C@H](N)CC(C)C)cc1OCCO. The third-order valence-corrected chi connectivity index (χ3v) is 2.84. The first-order valence-corrected chi connectivity index (χ1v) is 6.96. The molecule has 4 N–H and O–H groups in total. The molecule has 0 unspecified atom stereocenters. The van der Waals surface area contributed by atoms with Crippen LogP contribution in [0.1, 0.15) is 20.3 Å². The zero-order valence-electron chi connectivity index (χ0n) is 12.8. The number of anilines is 1. The van der Waals surface area contributed by atoms with Gasteiger partial charge in [-0.15, -0.1) is 0 Å². The maximum Gasteiger partial charge on any atom is 0.241 e. The average Bonchev–Trinajstić information content (AvgIpc) is 2.44. The van der Waals surface area contributed by atoms with E-state index in [4.69, 9.17) is 20.3 Å². The smallest absolute Gasteiger partial charge is 0.241 e. The maximum atomic E-state index is 12.0. The van der Waals surface area contributed by atoms with Crippen LogP contribution in [-0.4, -0.2) is 37.4 Å². The van der Waals surface area contributed by atoms with Crippen molar-refractivity contribution >= 4 is 11.6 Å². The Labute approximate surface area is 125 Å². The number of nitrogens with two attached hydrogens (primary N) is 1. The number of benzene rings is 1. The first-order chi connectivity index (χ1) is 9.97. The second-order valence-corrected chi connectivity index (χ2v) is 5.16. The van der Waals surface area contributed by atoms with Gasteiger partial charge in [0.2, 0.25) is 5.91 Å². The Kier molecular flexibility index (Phi) is 6.98. The van der Waals surface area contributed by atoms with E-state index in [-0.39, 0.29) is 19.1 Å². The fraction of sp³-hybridized carbons (Fsp3) is 0.533. The summed E-state index contributed by atoms with van der Waals surface area (Å²) in [6.45, 7) is 4.09. The van der Waals surface area contributed by atoms with Crippen molar-refractivity contribution in [1.29, 1.82) is 0 Å². The topological polar surface area (TPSA) is 93.8 Å². The summed E-state index contributed by atoms with van der Waals surface area (Å²) in [5.41, 5.74) is 6.42. The van der Waals surface area contributed by atoms with Crippen LogP contribution in [0, 0.1) is 5.92 Å². The van der Waals surface area contributed by atoms with Crippen molar-refractivity contribution in [1.82, 2.24) is 0 Å². The molecular formula is C15H24N2O4. The van der Waals surface area contributed by atoms with E-state index >= 15 is 0 Å². The summed E-state index contributed by atoms with van der Waals surface area (Å²) >= 11 is 0. The summed E-state index contributed by atoms with van der Waals surface area (Å²) < 4.78 is 10.5. The van der Waals surface area contributed by atoms with Gasteiger partial charge in [-0.25, -0.2) is 0 Å². The van der Waals surface area contributed by atoms with Gasteiger partial charge in [-0.05, 0) is 24.5 Å². The van der Waals surface area contributed by atoms with Gasteiger partial charge in [0, 0.05) is 11.8 Å². The molecule has 1 rings (SSSR count). The van der Waals surface area contributed by atoms with Crippen LogP contribution in [0.3, 0.4) is 0 Å². The number of aliphatic hydroxyl groups excluding tert-OH is 1. The molecule has 118 valence electrons. The van der Waals surface area contributed by atoms with Crippen molar-refractivity contribution < 1.29 is 19.4 Å². The van der Waals surface area contributed by atoms with Crippen LogP contribution >= 0.6 is 0 Å². The quantitative estimate of drug-likeness (QED) is 0.674. The predicted molar refractivity (Wildman–Crippen MR) is 81.6 cm³/mol. The summed E-state index contributed by atoms with van der Waals surface area (Å²) in [4.78, 5) is 12.0. The van der Waals surface area contributed by atoms with Crippen molar-refractivity contribution in [3.63, 3.8) is 0 Å². The second-order valence-electron chi connectivity index (χ2n) is 5.16. The highest BCUT2D eigenvalue weighted by molar-refractivity contribution is 5.94. The molecule has 0 aliphatic carbocycles. The van der Waals surface area contributed by atoms with Crippen molar-refractivity contribution in [2.24, 2.45) is 11.7 Å². The lowest BCUT2D eigenvalue weighted by Crippen LogP contribution is -2.36. The number of amides is 1. The Hall–Kier alpha value is -1.79. The number of hydrogen-bond acceptors (Lipinski definition) is 5. The van der Waals surface area contributed by atoms with Crippen LogP contribution in [-0.2, 0) is 4.79 Å². The Balaban J connectivity index is 2.76. The Bertz CT molecular complexity index is 463. The van der Waals surface area contributed by atoms with Gasteiger partial charge in [0.1, 0.15) is 6.61 Å².